The maximum absolute atomic E-state index is 18.2. The van der Waals surface area contributed by atoms with E-state index >= 15 is 4.39 Å². The molecule has 14 nitrogen and oxygen atoms in total. The Kier molecular flexibility index (Phi) is 24.0. The Morgan fingerprint density at radius 2 is 1.27 bits per heavy atom. The summed E-state index contributed by atoms with van der Waals surface area (Å²) >= 11 is 0. The van der Waals surface area contributed by atoms with Gasteiger partial charge in [0.25, 0.3) is 14.4 Å². The SMILES string of the molecule is CCCCCCCCCCCCCCCCN(C(=O)c1ccccc1)c1ncnc2c1ncn2[C@@H]1O[C@H](COC(c2ccccc2)(c2ccc(OC)cc2)c2ccc(OC)cc2)C(OP(OCCC#N)N(C(C)C)C(C)C)C1F. The van der Waals surface area contributed by atoms with Crippen LogP contribution in [0.3, 0.4) is 0 Å². The summed E-state index contributed by atoms with van der Waals surface area (Å²) in [4.78, 5) is 30.4. The van der Waals surface area contributed by atoms with Crippen LogP contribution in [0.4, 0.5) is 10.2 Å². The van der Waals surface area contributed by atoms with Crippen molar-refractivity contribution in [3.05, 3.63) is 144 Å². The van der Waals surface area contributed by atoms with Gasteiger partial charge in [0.2, 0.25) is 0 Å². The maximum Gasteiger partial charge on any atom is 0.259 e. The smallest absolute Gasteiger partial charge is 0.259 e. The lowest BCUT2D eigenvalue weighted by Crippen LogP contribution is -2.41. The Morgan fingerprint density at radius 1 is 0.734 bits per heavy atom. The zero-order valence-corrected chi connectivity index (χ0v) is 48.4. The summed E-state index contributed by atoms with van der Waals surface area (Å²) in [5, 5.41) is 9.56. The molecule has 0 spiro atoms. The van der Waals surface area contributed by atoms with Crippen LogP contribution in [0.1, 0.15) is 164 Å². The number of hydrogen-bond acceptors (Lipinski definition) is 12. The Labute approximate surface area is 469 Å². The number of aromatic nitrogens is 4. The monoisotopic (exact) mass is 1100 g/mol. The number of amides is 1. The van der Waals surface area contributed by atoms with Gasteiger partial charge in [0.15, 0.2) is 29.4 Å². The molecule has 424 valence electrons. The zero-order chi connectivity index (χ0) is 56.0. The first-order valence-corrected chi connectivity index (χ1v) is 29.8. The number of halogens is 1. The third kappa shape index (κ3) is 15.7. The fourth-order valence-corrected chi connectivity index (χ4v) is 12.4. The number of anilines is 1. The van der Waals surface area contributed by atoms with Crippen LogP contribution in [0.5, 0.6) is 11.5 Å². The number of rotatable bonds is 34. The molecule has 1 fully saturated rings. The summed E-state index contributed by atoms with van der Waals surface area (Å²) in [6.45, 7) is 10.7. The average molecular weight is 1100 g/mol. The van der Waals surface area contributed by atoms with Gasteiger partial charge in [-0.15, -0.1) is 0 Å². The second kappa shape index (κ2) is 31.2. The van der Waals surface area contributed by atoms with E-state index in [9.17, 15) is 10.1 Å². The number of unbranched alkanes of at least 4 members (excludes halogenated alkanes) is 13. The van der Waals surface area contributed by atoms with Gasteiger partial charge in [0.05, 0.1) is 46.3 Å². The summed E-state index contributed by atoms with van der Waals surface area (Å²) in [5.74, 6) is 1.46. The molecule has 0 aliphatic carbocycles. The van der Waals surface area contributed by atoms with E-state index in [0.717, 1.165) is 42.4 Å². The van der Waals surface area contributed by atoms with Crippen molar-refractivity contribution in [2.75, 3.05) is 38.9 Å². The highest BCUT2D eigenvalue weighted by Crippen LogP contribution is 2.52. The number of benzene rings is 4. The number of methoxy groups -OCH3 is 2. The Morgan fingerprint density at radius 3 is 1.80 bits per heavy atom. The van der Waals surface area contributed by atoms with Crippen LogP contribution in [-0.2, 0) is 24.1 Å². The van der Waals surface area contributed by atoms with Gasteiger partial charge >= 0.3 is 0 Å². The molecule has 1 aliphatic rings. The topological polar surface area (TPSA) is 146 Å². The molecule has 5 atom stereocenters. The molecule has 0 radical (unpaired) electrons. The van der Waals surface area contributed by atoms with E-state index in [4.69, 9.17) is 38.0 Å². The highest BCUT2D eigenvalue weighted by molar-refractivity contribution is 7.44. The van der Waals surface area contributed by atoms with Gasteiger partial charge in [0.1, 0.15) is 35.6 Å². The van der Waals surface area contributed by atoms with Crippen LogP contribution in [0.25, 0.3) is 11.2 Å². The van der Waals surface area contributed by atoms with E-state index in [2.05, 4.69) is 22.6 Å². The first-order valence-electron chi connectivity index (χ1n) is 28.6. The summed E-state index contributed by atoms with van der Waals surface area (Å²) in [6, 6.07) is 36.5. The molecule has 0 N–H and O–H groups in total. The lowest BCUT2D eigenvalue weighted by atomic mass is 9.80. The molecular weight excluding hydrogens is 1020 g/mol. The zero-order valence-electron chi connectivity index (χ0n) is 47.6. The highest BCUT2D eigenvalue weighted by atomic mass is 31.2. The van der Waals surface area contributed by atoms with E-state index in [-0.39, 0.29) is 37.6 Å². The lowest BCUT2D eigenvalue weighted by Gasteiger charge is -2.39. The molecule has 16 heteroatoms. The van der Waals surface area contributed by atoms with Gasteiger partial charge in [0, 0.05) is 24.2 Å². The molecule has 0 saturated carbocycles. The van der Waals surface area contributed by atoms with Crippen LogP contribution in [-0.4, -0.2) is 94.5 Å². The second-order valence-electron chi connectivity index (χ2n) is 20.9. The number of alkyl halides is 1. The summed E-state index contributed by atoms with van der Waals surface area (Å²) < 4.78 is 60.6. The van der Waals surface area contributed by atoms with Crippen molar-refractivity contribution in [3.8, 4) is 17.6 Å². The predicted octanol–water partition coefficient (Wildman–Crippen LogP) is 14.9. The summed E-state index contributed by atoms with van der Waals surface area (Å²) in [7, 11) is 1.30. The Hall–Kier alpha value is -5.85. The van der Waals surface area contributed by atoms with Crippen LogP contribution < -0.4 is 14.4 Å². The predicted molar refractivity (Wildman–Crippen MR) is 311 cm³/mol. The van der Waals surface area contributed by atoms with Crippen molar-refractivity contribution in [3.63, 3.8) is 0 Å². The van der Waals surface area contributed by atoms with Crippen molar-refractivity contribution in [1.82, 2.24) is 24.2 Å². The molecule has 2 aromatic heterocycles. The molecule has 0 bridgehead atoms. The van der Waals surface area contributed by atoms with Crippen LogP contribution in [0, 0.1) is 11.3 Å². The highest BCUT2D eigenvalue weighted by Gasteiger charge is 2.51. The third-order valence-electron chi connectivity index (χ3n) is 14.6. The fourth-order valence-electron chi connectivity index (χ4n) is 10.6. The number of ether oxygens (including phenoxy) is 4. The molecule has 1 amide bonds. The van der Waals surface area contributed by atoms with Gasteiger partial charge in [-0.3, -0.25) is 14.3 Å². The van der Waals surface area contributed by atoms with Gasteiger partial charge in [-0.25, -0.2) is 24.0 Å². The standard InChI is InChI=1S/C63H83FN7O7P/c1-8-9-10-11-12-13-14-15-16-17-18-19-20-27-42-69(61(72)49-29-23-21-24-30-49)59-57-60(67-45-66-59)70(46-68-57)62-56(64)58(78-79(76-43-28-41-65)71(47(2)3)48(4)5)55(77-62)44-75-63(50-31-25-22-26-32-50,51-33-37-53(73-6)38-34-51)52-35-39-54(74-7)40-36-52/h21-26,29-40,45-48,55-56,58,62H,8-20,27-28,42-44H2,1-7H3/t55-,56?,58?,62-,79?/m1/s1. The van der Waals surface area contributed by atoms with E-state index in [1.165, 1.54) is 76.9 Å². The number of hydrogen-bond donors (Lipinski definition) is 0. The number of carbonyl (C=O) groups is 1. The molecule has 79 heavy (non-hydrogen) atoms. The molecule has 1 aliphatic heterocycles. The Bertz CT molecular complexity index is 2710. The number of fused-ring (bicyclic) bond motifs is 1. The molecule has 4 aromatic carbocycles. The lowest BCUT2D eigenvalue weighted by molar-refractivity contribution is -0.0919. The van der Waals surface area contributed by atoms with Crippen molar-refractivity contribution in [2.24, 2.45) is 0 Å². The van der Waals surface area contributed by atoms with Gasteiger partial charge in [-0.05, 0) is 87.2 Å². The summed E-state index contributed by atoms with van der Waals surface area (Å²) in [5.41, 5.74) is 2.27. The van der Waals surface area contributed by atoms with Crippen LogP contribution >= 0.6 is 8.53 Å². The fraction of sp³-hybridized carbons (Fsp3) is 0.508. The van der Waals surface area contributed by atoms with Gasteiger partial charge < -0.3 is 28.0 Å². The molecule has 3 heterocycles. The van der Waals surface area contributed by atoms with Crippen LogP contribution in [0.2, 0.25) is 0 Å². The van der Waals surface area contributed by atoms with Gasteiger partial charge in [-0.1, -0.05) is 163 Å². The van der Waals surface area contributed by atoms with Crippen molar-refractivity contribution >= 4 is 31.4 Å². The van der Waals surface area contributed by atoms with E-state index in [0.29, 0.717) is 40.6 Å². The third-order valence-corrected chi connectivity index (χ3v) is 16.8. The largest absolute Gasteiger partial charge is 0.497 e. The minimum Gasteiger partial charge on any atom is -0.497 e. The maximum atomic E-state index is 18.2. The van der Waals surface area contributed by atoms with Crippen LogP contribution in [0.15, 0.2) is 122 Å². The van der Waals surface area contributed by atoms with E-state index in [1.54, 1.807) is 35.8 Å². The van der Waals surface area contributed by atoms with Crippen molar-refractivity contribution in [2.45, 2.75) is 173 Å². The molecular formula is C63H83FN7O7P. The quantitative estimate of drug-likeness (QED) is 0.0215. The second-order valence-corrected chi connectivity index (χ2v) is 22.3. The minimum atomic E-state index is -1.95. The van der Waals surface area contributed by atoms with E-state index in [1.807, 2.05) is 125 Å². The first-order chi connectivity index (χ1) is 38.6. The molecule has 7 rings (SSSR count). The summed E-state index contributed by atoms with van der Waals surface area (Å²) in [6.07, 6.45) is 14.7. The van der Waals surface area contributed by atoms with Crippen molar-refractivity contribution in [1.29, 1.82) is 5.26 Å². The minimum absolute atomic E-state index is 0.0613. The Balaban J connectivity index is 1.20. The normalized spacial score (nSPS) is 16.9. The van der Waals surface area contributed by atoms with Gasteiger partial charge in [-0.2, -0.15) is 5.26 Å². The number of imidazole rings is 1. The molecule has 6 aromatic rings. The number of carbonyl (C=O) groups excluding carboxylic acids is 1. The average Bonchev–Trinajstić information content (AvgIpc) is 4.13. The number of nitriles is 1. The van der Waals surface area contributed by atoms with E-state index < -0.39 is 38.7 Å². The first kappa shape index (κ1) is 60.8. The molecule has 3 unspecified atom stereocenters. The number of nitrogens with zero attached hydrogens (tertiary/aromatic N) is 7. The van der Waals surface area contributed by atoms with Crippen molar-refractivity contribution < 1.29 is 37.2 Å². The molecule has 1 saturated heterocycles.